The first kappa shape index (κ1) is 13.4. The minimum absolute atomic E-state index is 0.105. The summed E-state index contributed by atoms with van der Waals surface area (Å²) in [5.41, 5.74) is 7.30. The highest BCUT2D eigenvalue weighted by atomic mass is 16.4. The predicted molar refractivity (Wildman–Crippen MR) is 71.5 cm³/mol. The molecular formula is C14H18N2O3. The summed E-state index contributed by atoms with van der Waals surface area (Å²) in [6.07, 6.45) is 2.60. The summed E-state index contributed by atoms with van der Waals surface area (Å²) in [6, 6.07) is 6.62. The lowest BCUT2D eigenvalue weighted by Crippen LogP contribution is -2.42. The molecule has 19 heavy (non-hydrogen) atoms. The number of carbonyl (C=O) groups is 2. The third kappa shape index (κ3) is 3.98. The summed E-state index contributed by atoms with van der Waals surface area (Å²) in [7, 11) is 0. The van der Waals surface area contributed by atoms with Gasteiger partial charge in [0.1, 0.15) is 6.04 Å². The smallest absolute Gasteiger partial charge is 0.326 e. The summed E-state index contributed by atoms with van der Waals surface area (Å²) in [4.78, 5) is 22.7. The maximum absolute atomic E-state index is 11.7. The first-order chi connectivity index (χ1) is 9.06. The van der Waals surface area contributed by atoms with Gasteiger partial charge in [0.05, 0.1) is 0 Å². The van der Waals surface area contributed by atoms with Crippen LogP contribution in [0.25, 0.3) is 0 Å². The second-order valence-corrected chi connectivity index (χ2v) is 4.97. The second-order valence-electron chi connectivity index (χ2n) is 4.97. The zero-order valence-corrected chi connectivity index (χ0v) is 10.6. The van der Waals surface area contributed by atoms with Crippen LogP contribution in [0.4, 0.5) is 5.69 Å². The van der Waals surface area contributed by atoms with Gasteiger partial charge in [-0.1, -0.05) is 12.1 Å². The number of aryl methyl sites for hydroxylation is 1. The van der Waals surface area contributed by atoms with Crippen LogP contribution in [0.5, 0.6) is 0 Å². The van der Waals surface area contributed by atoms with E-state index in [1.165, 1.54) is 0 Å². The Morgan fingerprint density at radius 2 is 2.16 bits per heavy atom. The van der Waals surface area contributed by atoms with Crippen molar-refractivity contribution in [1.82, 2.24) is 5.32 Å². The summed E-state index contributed by atoms with van der Waals surface area (Å²) >= 11 is 0. The predicted octanol–water partition coefficient (Wildman–Crippen LogP) is 1.18. The van der Waals surface area contributed by atoms with E-state index in [-0.39, 0.29) is 18.2 Å². The van der Waals surface area contributed by atoms with Crippen LogP contribution in [0.3, 0.4) is 0 Å². The molecule has 5 heteroatoms. The Morgan fingerprint density at radius 1 is 1.42 bits per heavy atom. The maximum Gasteiger partial charge on any atom is 0.326 e. The number of rotatable bonds is 6. The van der Waals surface area contributed by atoms with Crippen LogP contribution in [-0.4, -0.2) is 23.0 Å². The van der Waals surface area contributed by atoms with Gasteiger partial charge in [-0.05, 0) is 42.9 Å². The van der Waals surface area contributed by atoms with Crippen molar-refractivity contribution in [3.63, 3.8) is 0 Å². The van der Waals surface area contributed by atoms with Crippen LogP contribution < -0.4 is 11.1 Å². The van der Waals surface area contributed by atoms with Crippen molar-refractivity contribution in [3.8, 4) is 0 Å². The number of nitrogen functional groups attached to an aromatic ring is 1. The maximum atomic E-state index is 11.7. The van der Waals surface area contributed by atoms with Gasteiger partial charge in [-0.25, -0.2) is 4.79 Å². The van der Waals surface area contributed by atoms with E-state index in [1.807, 2.05) is 18.2 Å². The Hall–Kier alpha value is -2.04. The number of nitrogens with two attached hydrogens (primary N) is 1. The zero-order valence-electron chi connectivity index (χ0n) is 10.6. The van der Waals surface area contributed by atoms with Crippen LogP contribution in [-0.2, 0) is 16.0 Å². The molecule has 5 nitrogen and oxygen atoms in total. The number of aliphatic carboxylic acids is 1. The van der Waals surface area contributed by atoms with Gasteiger partial charge in [-0.3, -0.25) is 4.79 Å². The third-order valence-electron chi connectivity index (χ3n) is 3.27. The molecule has 2 rings (SSSR count). The van der Waals surface area contributed by atoms with E-state index >= 15 is 0 Å². The summed E-state index contributed by atoms with van der Waals surface area (Å²) in [5.74, 6) is -1.06. The molecule has 1 fully saturated rings. The molecule has 1 amide bonds. The summed E-state index contributed by atoms with van der Waals surface area (Å²) < 4.78 is 0. The number of anilines is 1. The van der Waals surface area contributed by atoms with Crippen molar-refractivity contribution in [2.24, 2.45) is 5.92 Å². The lowest BCUT2D eigenvalue weighted by Gasteiger charge is -2.13. The molecule has 0 radical (unpaired) electrons. The van der Waals surface area contributed by atoms with Crippen molar-refractivity contribution in [2.75, 3.05) is 5.73 Å². The summed E-state index contributed by atoms with van der Waals surface area (Å²) in [6.45, 7) is 0. The fourth-order valence-corrected chi connectivity index (χ4v) is 2.06. The fraction of sp³-hybridized carbons (Fsp3) is 0.429. The number of hydrogen-bond acceptors (Lipinski definition) is 3. The molecule has 0 aliphatic heterocycles. The molecule has 0 aromatic heterocycles. The third-order valence-corrected chi connectivity index (χ3v) is 3.27. The molecule has 1 unspecified atom stereocenters. The van der Waals surface area contributed by atoms with Crippen molar-refractivity contribution in [2.45, 2.75) is 31.7 Å². The molecule has 1 atom stereocenters. The Labute approximate surface area is 111 Å². The van der Waals surface area contributed by atoms with Crippen LogP contribution >= 0.6 is 0 Å². The van der Waals surface area contributed by atoms with E-state index in [2.05, 4.69) is 5.32 Å². The summed E-state index contributed by atoms with van der Waals surface area (Å²) in [5, 5.41) is 11.6. The number of nitrogens with one attached hydrogen (secondary N) is 1. The Balaban J connectivity index is 1.82. The van der Waals surface area contributed by atoms with E-state index in [9.17, 15) is 9.59 Å². The topological polar surface area (TPSA) is 92.4 Å². The van der Waals surface area contributed by atoms with Gasteiger partial charge < -0.3 is 16.2 Å². The minimum Gasteiger partial charge on any atom is -0.480 e. The van der Waals surface area contributed by atoms with Crippen LogP contribution in [0.1, 0.15) is 24.8 Å². The van der Waals surface area contributed by atoms with Crippen LogP contribution in [0.15, 0.2) is 24.3 Å². The molecule has 4 N–H and O–H groups in total. The molecule has 0 bridgehead atoms. The van der Waals surface area contributed by atoms with Crippen LogP contribution in [0.2, 0.25) is 0 Å². The molecule has 1 aromatic carbocycles. The van der Waals surface area contributed by atoms with Gasteiger partial charge in [0.2, 0.25) is 5.91 Å². The van der Waals surface area contributed by atoms with Gasteiger partial charge in [0.25, 0.3) is 0 Å². The number of carbonyl (C=O) groups excluding carboxylic acids is 1. The average Bonchev–Trinajstić information content (AvgIpc) is 3.17. The van der Waals surface area contributed by atoms with Gasteiger partial charge in [0, 0.05) is 12.1 Å². The molecular weight excluding hydrogens is 244 g/mol. The SMILES string of the molecule is Nc1cccc(CCC(=O)NC(C(=O)O)C2CC2)c1. The van der Waals surface area contributed by atoms with E-state index in [0.717, 1.165) is 18.4 Å². The highest BCUT2D eigenvalue weighted by molar-refractivity contribution is 5.84. The first-order valence-corrected chi connectivity index (χ1v) is 6.43. The Bertz CT molecular complexity index is 483. The second kappa shape index (κ2) is 5.73. The number of carboxylic acid groups (broad SMARTS) is 1. The molecule has 102 valence electrons. The molecule has 1 aliphatic carbocycles. The van der Waals surface area contributed by atoms with E-state index < -0.39 is 12.0 Å². The van der Waals surface area contributed by atoms with Gasteiger partial charge in [-0.2, -0.15) is 0 Å². The lowest BCUT2D eigenvalue weighted by molar-refractivity contribution is -0.142. The standard InChI is InChI=1S/C14H18N2O3/c15-11-3-1-2-9(8-11)4-7-12(17)16-13(14(18)19)10-5-6-10/h1-3,8,10,13H,4-7,15H2,(H,16,17)(H,18,19). The highest BCUT2D eigenvalue weighted by Crippen LogP contribution is 2.32. The van der Waals surface area contributed by atoms with Crippen molar-refractivity contribution < 1.29 is 14.7 Å². The lowest BCUT2D eigenvalue weighted by atomic mass is 10.1. The van der Waals surface area contributed by atoms with Crippen molar-refractivity contribution in [3.05, 3.63) is 29.8 Å². The number of hydrogen-bond donors (Lipinski definition) is 3. The first-order valence-electron chi connectivity index (χ1n) is 6.43. The van der Waals surface area contributed by atoms with E-state index in [1.54, 1.807) is 6.07 Å². The molecule has 1 saturated carbocycles. The molecule has 0 spiro atoms. The highest BCUT2D eigenvalue weighted by Gasteiger charge is 2.37. The number of amides is 1. The Morgan fingerprint density at radius 3 is 2.74 bits per heavy atom. The fourth-order valence-electron chi connectivity index (χ4n) is 2.06. The van der Waals surface area contributed by atoms with Crippen molar-refractivity contribution in [1.29, 1.82) is 0 Å². The largest absolute Gasteiger partial charge is 0.480 e. The van der Waals surface area contributed by atoms with Crippen LogP contribution in [0, 0.1) is 5.92 Å². The van der Waals surface area contributed by atoms with Gasteiger partial charge >= 0.3 is 5.97 Å². The Kier molecular flexibility index (Phi) is 4.04. The van der Waals surface area contributed by atoms with Gasteiger partial charge in [-0.15, -0.1) is 0 Å². The van der Waals surface area contributed by atoms with E-state index in [0.29, 0.717) is 12.1 Å². The quantitative estimate of drug-likeness (QED) is 0.671. The molecule has 0 heterocycles. The monoisotopic (exact) mass is 262 g/mol. The van der Waals surface area contributed by atoms with E-state index in [4.69, 9.17) is 10.8 Å². The normalized spacial score (nSPS) is 15.8. The number of carboxylic acids is 1. The molecule has 1 aromatic rings. The molecule has 0 saturated heterocycles. The molecule has 1 aliphatic rings. The number of benzene rings is 1. The van der Waals surface area contributed by atoms with Gasteiger partial charge in [0.15, 0.2) is 0 Å². The van der Waals surface area contributed by atoms with Crippen molar-refractivity contribution >= 4 is 17.6 Å². The average molecular weight is 262 g/mol. The zero-order chi connectivity index (χ0) is 13.8. The minimum atomic E-state index is -0.945.